The second-order valence-electron chi connectivity index (χ2n) is 5.90. The maximum Gasteiger partial charge on any atom is 0.228 e. The maximum atomic E-state index is 12.2. The van der Waals surface area contributed by atoms with Gasteiger partial charge in [0.05, 0.1) is 23.7 Å². The highest BCUT2D eigenvalue weighted by Gasteiger charge is 2.11. The summed E-state index contributed by atoms with van der Waals surface area (Å²) in [4.78, 5) is 12.2. The van der Waals surface area contributed by atoms with Crippen LogP contribution in [-0.2, 0) is 11.2 Å². The number of benzene rings is 2. The number of amides is 1. The number of nitrogens with one attached hydrogen (secondary N) is 2. The molecule has 0 aliphatic rings. The lowest BCUT2D eigenvalue weighted by Crippen LogP contribution is -2.15. The number of ether oxygens (including phenoxy) is 1. The van der Waals surface area contributed by atoms with Crippen molar-refractivity contribution in [3.05, 3.63) is 71.0 Å². The van der Waals surface area contributed by atoms with Gasteiger partial charge < -0.3 is 10.1 Å². The number of aromatic amines is 1. The van der Waals surface area contributed by atoms with E-state index in [1.165, 1.54) is 0 Å². The summed E-state index contributed by atoms with van der Waals surface area (Å²) in [5, 5.41) is 18.6. The smallest absolute Gasteiger partial charge is 0.228 e. The second-order valence-corrected chi connectivity index (χ2v) is 5.90. The van der Waals surface area contributed by atoms with E-state index in [2.05, 4.69) is 21.6 Å². The van der Waals surface area contributed by atoms with E-state index in [0.29, 0.717) is 22.7 Å². The molecule has 0 saturated heterocycles. The summed E-state index contributed by atoms with van der Waals surface area (Å²) in [6.45, 7) is 3.78. The molecule has 6 heteroatoms. The van der Waals surface area contributed by atoms with Crippen LogP contribution in [0.3, 0.4) is 0 Å². The van der Waals surface area contributed by atoms with Gasteiger partial charge in [-0.3, -0.25) is 9.89 Å². The zero-order valence-electron chi connectivity index (χ0n) is 14.5. The van der Waals surface area contributed by atoms with Crippen LogP contribution in [0.25, 0.3) is 0 Å². The fraction of sp³-hybridized carbons (Fsp3) is 0.150. The number of nitriles is 1. The van der Waals surface area contributed by atoms with E-state index in [1.54, 1.807) is 48.5 Å². The van der Waals surface area contributed by atoms with Gasteiger partial charge in [0.15, 0.2) is 0 Å². The Bertz CT molecular complexity index is 931. The van der Waals surface area contributed by atoms with Crippen molar-refractivity contribution in [3.8, 4) is 17.6 Å². The van der Waals surface area contributed by atoms with E-state index in [4.69, 9.17) is 10.00 Å². The molecule has 0 fully saturated rings. The maximum absolute atomic E-state index is 12.2. The Labute approximate surface area is 151 Å². The monoisotopic (exact) mass is 346 g/mol. The van der Waals surface area contributed by atoms with E-state index in [0.717, 1.165) is 17.0 Å². The summed E-state index contributed by atoms with van der Waals surface area (Å²) >= 11 is 0. The number of H-pyrrole nitrogens is 1. The number of aryl methyl sites for hydroxylation is 2. The minimum absolute atomic E-state index is 0.0987. The number of hydrogen-bond acceptors (Lipinski definition) is 4. The third-order valence-corrected chi connectivity index (χ3v) is 3.98. The fourth-order valence-corrected chi connectivity index (χ4v) is 2.54. The van der Waals surface area contributed by atoms with Gasteiger partial charge in [0.25, 0.3) is 0 Å². The lowest BCUT2D eigenvalue weighted by Gasteiger charge is -2.08. The summed E-state index contributed by atoms with van der Waals surface area (Å²) < 4.78 is 5.72. The third-order valence-electron chi connectivity index (χ3n) is 3.98. The first-order chi connectivity index (χ1) is 12.5. The number of hydrogen-bond donors (Lipinski definition) is 2. The highest BCUT2D eigenvalue weighted by molar-refractivity contribution is 5.92. The second kappa shape index (κ2) is 7.53. The molecule has 0 atom stereocenters. The van der Waals surface area contributed by atoms with E-state index in [9.17, 15) is 4.79 Å². The lowest BCUT2D eigenvalue weighted by atomic mass is 10.1. The van der Waals surface area contributed by atoms with Crippen LogP contribution in [0.5, 0.6) is 11.5 Å². The predicted molar refractivity (Wildman–Crippen MR) is 98.1 cm³/mol. The van der Waals surface area contributed by atoms with E-state index in [1.807, 2.05) is 13.8 Å². The molecule has 1 aromatic heterocycles. The summed E-state index contributed by atoms with van der Waals surface area (Å²) in [5.74, 6) is 1.19. The first-order valence-electron chi connectivity index (χ1n) is 8.13. The minimum Gasteiger partial charge on any atom is -0.457 e. The first kappa shape index (κ1) is 17.2. The zero-order chi connectivity index (χ0) is 18.5. The Morgan fingerprint density at radius 2 is 1.73 bits per heavy atom. The molecule has 0 aliphatic heterocycles. The molecule has 2 N–H and O–H groups in total. The van der Waals surface area contributed by atoms with E-state index >= 15 is 0 Å². The number of carbonyl (C=O) groups excluding carboxylic acids is 1. The topological polar surface area (TPSA) is 90.8 Å². The van der Waals surface area contributed by atoms with Crippen molar-refractivity contribution in [2.45, 2.75) is 20.3 Å². The molecule has 2 aromatic carbocycles. The van der Waals surface area contributed by atoms with Crippen molar-refractivity contribution in [2.24, 2.45) is 0 Å². The van der Waals surface area contributed by atoms with Gasteiger partial charge in [0.1, 0.15) is 11.5 Å². The van der Waals surface area contributed by atoms with Crippen LogP contribution in [0.15, 0.2) is 48.5 Å². The van der Waals surface area contributed by atoms with Crippen LogP contribution in [0.2, 0.25) is 0 Å². The Morgan fingerprint density at radius 3 is 2.27 bits per heavy atom. The van der Waals surface area contributed by atoms with Crippen molar-refractivity contribution in [2.75, 3.05) is 5.32 Å². The zero-order valence-corrected chi connectivity index (χ0v) is 14.5. The number of carbonyl (C=O) groups is 1. The molecule has 1 heterocycles. The number of anilines is 1. The van der Waals surface area contributed by atoms with Crippen molar-refractivity contribution in [1.29, 1.82) is 5.26 Å². The molecule has 0 bridgehead atoms. The normalized spacial score (nSPS) is 10.2. The van der Waals surface area contributed by atoms with Gasteiger partial charge >= 0.3 is 0 Å². The largest absolute Gasteiger partial charge is 0.457 e. The summed E-state index contributed by atoms with van der Waals surface area (Å²) in [5.41, 5.74) is 3.94. The van der Waals surface area contributed by atoms with Gasteiger partial charge in [-0.1, -0.05) is 0 Å². The lowest BCUT2D eigenvalue weighted by molar-refractivity contribution is -0.115. The SMILES string of the molecule is Cc1n[nH]c(C)c1CC(=O)Nc1ccc(Oc2ccc(C#N)cc2)cc1. The van der Waals surface area contributed by atoms with Crippen molar-refractivity contribution in [3.63, 3.8) is 0 Å². The summed E-state index contributed by atoms with van der Waals surface area (Å²) in [6, 6.07) is 16.1. The fourth-order valence-electron chi connectivity index (χ4n) is 2.54. The minimum atomic E-state index is -0.0987. The van der Waals surface area contributed by atoms with Crippen molar-refractivity contribution < 1.29 is 9.53 Å². The average molecular weight is 346 g/mol. The standard InChI is InChI=1S/C20H18N4O2/c1-13-19(14(2)24-23-13)11-20(25)22-16-5-9-18(10-6-16)26-17-7-3-15(12-21)4-8-17/h3-10H,11H2,1-2H3,(H,22,25)(H,23,24). The summed E-state index contributed by atoms with van der Waals surface area (Å²) in [7, 11) is 0. The van der Waals surface area contributed by atoms with Crippen LogP contribution in [0.1, 0.15) is 22.5 Å². The Hall–Kier alpha value is -3.59. The van der Waals surface area contributed by atoms with Gasteiger partial charge in [-0.05, 0) is 62.4 Å². The molecule has 0 spiro atoms. The molecule has 6 nitrogen and oxygen atoms in total. The molecular weight excluding hydrogens is 328 g/mol. The highest BCUT2D eigenvalue weighted by Crippen LogP contribution is 2.23. The quantitative estimate of drug-likeness (QED) is 0.733. The van der Waals surface area contributed by atoms with Gasteiger partial charge in [-0.25, -0.2) is 0 Å². The Morgan fingerprint density at radius 1 is 1.12 bits per heavy atom. The third kappa shape index (κ3) is 4.08. The summed E-state index contributed by atoms with van der Waals surface area (Å²) in [6.07, 6.45) is 0.275. The molecule has 0 aliphatic carbocycles. The predicted octanol–water partition coefficient (Wildman–Crippen LogP) is 3.87. The molecular formula is C20H18N4O2. The van der Waals surface area contributed by atoms with Crippen LogP contribution in [0, 0.1) is 25.2 Å². The number of aromatic nitrogens is 2. The highest BCUT2D eigenvalue weighted by atomic mass is 16.5. The molecule has 0 saturated carbocycles. The first-order valence-corrected chi connectivity index (χ1v) is 8.13. The van der Waals surface area contributed by atoms with Crippen LogP contribution in [-0.4, -0.2) is 16.1 Å². The van der Waals surface area contributed by atoms with Crippen LogP contribution < -0.4 is 10.1 Å². The Kier molecular flexibility index (Phi) is 4.99. The number of rotatable bonds is 5. The molecule has 0 unspecified atom stereocenters. The van der Waals surface area contributed by atoms with E-state index < -0.39 is 0 Å². The van der Waals surface area contributed by atoms with Gasteiger partial charge in [-0.15, -0.1) is 0 Å². The molecule has 0 radical (unpaired) electrons. The van der Waals surface area contributed by atoms with Gasteiger partial charge in [0, 0.05) is 16.9 Å². The van der Waals surface area contributed by atoms with Crippen molar-refractivity contribution in [1.82, 2.24) is 10.2 Å². The van der Waals surface area contributed by atoms with Crippen molar-refractivity contribution >= 4 is 11.6 Å². The van der Waals surface area contributed by atoms with E-state index in [-0.39, 0.29) is 12.3 Å². The molecule has 3 rings (SSSR count). The Balaban J connectivity index is 1.60. The molecule has 3 aromatic rings. The molecule has 130 valence electrons. The van der Waals surface area contributed by atoms with Crippen LogP contribution >= 0.6 is 0 Å². The molecule has 1 amide bonds. The average Bonchev–Trinajstić information content (AvgIpc) is 2.96. The molecule has 26 heavy (non-hydrogen) atoms. The van der Waals surface area contributed by atoms with Crippen LogP contribution in [0.4, 0.5) is 5.69 Å². The van der Waals surface area contributed by atoms with Gasteiger partial charge in [0.2, 0.25) is 5.91 Å². The van der Waals surface area contributed by atoms with Gasteiger partial charge in [-0.2, -0.15) is 10.4 Å². The number of nitrogens with zero attached hydrogens (tertiary/aromatic N) is 2.